The molecular weight excluding hydrogens is 242 g/mol. The molecule has 0 aliphatic rings. The maximum absolute atomic E-state index is 11.6. The first-order valence-electron chi connectivity index (χ1n) is 6.35. The summed E-state index contributed by atoms with van der Waals surface area (Å²) in [5.74, 6) is 0.137. The zero-order valence-corrected chi connectivity index (χ0v) is 11.9. The maximum atomic E-state index is 11.6. The van der Waals surface area contributed by atoms with Gasteiger partial charge in [-0.15, -0.1) is 0 Å². The lowest BCUT2D eigenvalue weighted by Gasteiger charge is -2.20. The normalized spacial score (nSPS) is 12.6. The smallest absolute Gasteiger partial charge is 0.412 e. The Balaban J connectivity index is 2.72. The number of benzene rings is 1. The van der Waals surface area contributed by atoms with E-state index < -0.39 is 11.7 Å². The Labute approximate surface area is 114 Å². The lowest BCUT2D eigenvalue weighted by molar-refractivity contribution is -0.108. The molecule has 1 amide bonds. The van der Waals surface area contributed by atoms with Crippen LogP contribution in [0.5, 0.6) is 0 Å². The number of hydrogen-bond donors (Lipinski definition) is 1. The molecule has 4 nitrogen and oxygen atoms in total. The number of rotatable bonds is 4. The van der Waals surface area contributed by atoms with Crippen LogP contribution in [0.25, 0.3) is 0 Å². The molecule has 104 valence electrons. The van der Waals surface area contributed by atoms with Crippen LogP contribution in [0.4, 0.5) is 10.5 Å². The van der Waals surface area contributed by atoms with Gasteiger partial charge in [-0.3, -0.25) is 5.32 Å². The van der Waals surface area contributed by atoms with E-state index in [2.05, 4.69) is 5.32 Å². The van der Waals surface area contributed by atoms with Crippen LogP contribution in [0.15, 0.2) is 24.3 Å². The highest BCUT2D eigenvalue weighted by molar-refractivity contribution is 5.85. The van der Waals surface area contributed by atoms with Crippen molar-refractivity contribution in [3.8, 4) is 0 Å². The Bertz CT molecular complexity index is 449. The molecular formula is C15H21NO3. The van der Waals surface area contributed by atoms with E-state index in [1.54, 1.807) is 6.07 Å². The number of anilines is 1. The van der Waals surface area contributed by atoms with Gasteiger partial charge >= 0.3 is 6.09 Å². The van der Waals surface area contributed by atoms with Crippen molar-refractivity contribution in [1.82, 2.24) is 0 Å². The molecule has 19 heavy (non-hydrogen) atoms. The van der Waals surface area contributed by atoms with Crippen molar-refractivity contribution in [2.24, 2.45) is 0 Å². The third kappa shape index (κ3) is 5.55. The lowest BCUT2D eigenvalue weighted by atomic mass is 9.98. The molecule has 0 aliphatic heterocycles. The van der Waals surface area contributed by atoms with Crippen LogP contribution >= 0.6 is 0 Å². The third-order valence-corrected chi connectivity index (χ3v) is 2.55. The first-order valence-corrected chi connectivity index (χ1v) is 6.35. The van der Waals surface area contributed by atoms with Gasteiger partial charge in [0.05, 0.1) is 0 Å². The number of aldehydes is 1. The van der Waals surface area contributed by atoms with Gasteiger partial charge in [0.15, 0.2) is 0 Å². The van der Waals surface area contributed by atoms with Crippen molar-refractivity contribution in [2.75, 3.05) is 5.32 Å². The first kappa shape index (κ1) is 15.2. The van der Waals surface area contributed by atoms with Crippen LogP contribution in [-0.4, -0.2) is 18.0 Å². The standard InChI is InChI=1S/C15H21NO3/c1-11(8-9-17)12-6-5-7-13(10-12)16-14(18)19-15(2,3)4/h5-7,9-11H,8H2,1-4H3,(H,16,18). The number of carbonyl (C=O) groups is 2. The van der Waals surface area contributed by atoms with E-state index >= 15 is 0 Å². The number of nitrogens with one attached hydrogen (secondary N) is 1. The Kier molecular flexibility index (Phi) is 5.10. The predicted octanol–water partition coefficient (Wildman–Crippen LogP) is 3.73. The maximum Gasteiger partial charge on any atom is 0.412 e. The molecule has 0 spiro atoms. The summed E-state index contributed by atoms with van der Waals surface area (Å²) in [5, 5.41) is 2.69. The molecule has 0 aliphatic carbocycles. The van der Waals surface area contributed by atoms with E-state index in [1.807, 2.05) is 45.9 Å². The first-order chi connectivity index (χ1) is 8.81. The summed E-state index contributed by atoms with van der Waals surface area (Å²) in [5.41, 5.74) is 1.16. The van der Waals surface area contributed by atoms with Gasteiger partial charge in [-0.05, 0) is 44.4 Å². The number of amides is 1. The van der Waals surface area contributed by atoms with Gasteiger partial charge in [0.25, 0.3) is 0 Å². The fourth-order valence-electron chi connectivity index (χ4n) is 1.62. The van der Waals surface area contributed by atoms with Gasteiger partial charge in [0.1, 0.15) is 11.9 Å². The van der Waals surface area contributed by atoms with Gasteiger partial charge < -0.3 is 9.53 Å². The minimum Gasteiger partial charge on any atom is -0.444 e. The van der Waals surface area contributed by atoms with Gasteiger partial charge in [-0.1, -0.05) is 19.1 Å². The second kappa shape index (κ2) is 6.36. The van der Waals surface area contributed by atoms with E-state index in [1.165, 1.54) is 0 Å². The van der Waals surface area contributed by atoms with Gasteiger partial charge in [-0.25, -0.2) is 4.79 Å². The van der Waals surface area contributed by atoms with Gasteiger partial charge in [0.2, 0.25) is 0 Å². The fourth-order valence-corrected chi connectivity index (χ4v) is 1.62. The van der Waals surface area contributed by atoms with Crippen molar-refractivity contribution in [1.29, 1.82) is 0 Å². The summed E-state index contributed by atoms with van der Waals surface area (Å²) >= 11 is 0. The van der Waals surface area contributed by atoms with Crippen molar-refractivity contribution in [3.05, 3.63) is 29.8 Å². The van der Waals surface area contributed by atoms with Gasteiger partial charge in [-0.2, -0.15) is 0 Å². The Morgan fingerprint density at radius 3 is 2.68 bits per heavy atom. The molecule has 1 aromatic carbocycles. The van der Waals surface area contributed by atoms with Crippen molar-refractivity contribution >= 4 is 18.1 Å². The monoisotopic (exact) mass is 263 g/mol. The molecule has 0 fully saturated rings. The second-order valence-corrected chi connectivity index (χ2v) is 5.56. The minimum absolute atomic E-state index is 0.137. The Morgan fingerprint density at radius 1 is 1.42 bits per heavy atom. The average molecular weight is 263 g/mol. The van der Waals surface area contributed by atoms with Crippen molar-refractivity contribution < 1.29 is 14.3 Å². The number of hydrogen-bond acceptors (Lipinski definition) is 3. The third-order valence-electron chi connectivity index (χ3n) is 2.55. The van der Waals surface area contributed by atoms with Crippen LogP contribution in [0, 0.1) is 0 Å². The second-order valence-electron chi connectivity index (χ2n) is 5.56. The quantitative estimate of drug-likeness (QED) is 0.842. The van der Waals surface area contributed by atoms with Crippen LogP contribution in [-0.2, 0) is 9.53 Å². The molecule has 0 aromatic heterocycles. The molecule has 0 bridgehead atoms. The summed E-state index contributed by atoms with van der Waals surface area (Å²) in [4.78, 5) is 22.2. The van der Waals surface area contributed by atoms with E-state index in [9.17, 15) is 9.59 Å². The van der Waals surface area contributed by atoms with Crippen molar-refractivity contribution in [2.45, 2.75) is 45.6 Å². The SMILES string of the molecule is CC(CC=O)c1cccc(NC(=O)OC(C)(C)C)c1. The molecule has 0 saturated carbocycles. The summed E-state index contributed by atoms with van der Waals surface area (Å²) in [6, 6.07) is 7.44. The Morgan fingerprint density at radius 2 is 2.11 bits per heavy atom. The van der Waals surface area contributed by atoms with Crippen LogP contribution in [0.2, 0.25) is 0 Å². The lowest BCUT2D eigenvalue weighted by Crippen LogP contribution is -2.27. The summed E-state index contributed by atoms with van der Waals surface area (Å²) in [7, 11) is 0. The zero-order valence-electron chi connectivity index (χ0n) is 11.9. The van der Waals surface area contributed by atoms with E-state index in [0.717, 1.165) is 11.8 Å². The van der Waals surface area contributed by atoms with Crippen molar-refractivity contribution in [3.63, 3.8) is 0 Å². The molecule has 0 radical (unpaired) electrons. The average Bonchev–Trinajstić information content (AvgIpc) is 2.27. The predicted molar refractivity (Wildman–Crippen MR) is 75.4 cm³/mol. The fraction of sp³-hybridized carbons (Fsp3) is 0.467. The molecule has 0 heterocycles. The topological polar surface area (TPSA) is 55.4 Å². The summed E-state index contributed by atoms with van der Waals surface area (Å²) in [6.45, 7) is 7.42. The van der Waals surface area contributed by atoms with E-state index in [-0.39, 0.29) is 5.92 Å². The molecule has 4 heteroatoms. The summed E-state index contributed by atoms with van der Waals surface area (Å²) < 4.78 is 5.18. The van der Waals surface area contributed by atoms with Crippen LogP contribution in [0.1, 0.15) is 45.6 Å². The van der Waals surface area contributed by atoms with Gasteiger partial charge in [0, 0.05) is 12.1 Å². The molecule has 1 N–H and O–H groups in total. The molecule has 1 unspecified atom stereocenters. The minimum atomic E-state index is -0.521. The molecule has 1 rings (SSSR count). The molecule has 0 saturated heterocycles. The molecule has 1 aromatic rings. The highest BCUT2D eigenvalue weighted by Gasteiger charge is 2.16. The zero-order chi connectivity index (χ0) is 14.5. The largest absolute Gasteiger partial charge is 0.444 e. The Hall–Kier alpha value is -1.84. The van der Waals surface area contributed by atoms with Crippen LogP contribution < -0.4 is 5.32 Å². The number of carbonyl (C=O) groups excluding carboxylic acids is 2. The van der Waals surface area contributed by atoms with E-state index in [0.29, 0.717) is 12.1 Å². The highest BCUT2D eigenvalue weighted by Crippen LogP contribution is 2.21. The van der Waals surface area contributed by atoms with Crippen LogP contribution in [0.3, 0.4) is 0 Å². The summed E-state index contributed by atoms with van der Waals surface area (Å²) in [6.07, 6.45) is 0.891. The highest BCUT2D eigenvalue weighted by atomic mass is 16.6. The molecule has 1 atom stereocenters. The number of ether oxygens (including phenoxy) is 1. The van der Waals surface area contributed by atoms with E-state index in [4.69, 9.17) is 4.74 Å².